The SMILES string of the molecule is [B]c1cc(C)ccc1C(=O)CCC(C)N. The molecule has 1 aromatic carbocycles. The van der Waals surface area contributed by atoms with Crippen LogP contribution in [-0.4, -0.2) is 19.7 Å². The van der Waals surface area contributed by atoms with Gasteiger partial charge in [0.1, 0.15) is 7.85 Å². The summed E-state index contributed by atoms with van der Waals surface area (Å²) in [7, 11) is 5.78. The topological polar surface area (TPSA) is 43.1 Å². The summed E-state index contributed by atoms with van der Waals surface area (Å²) >= 11 is 0. The Kier molecular flexibility index (Phi) is 4.10. The molecule has 0 aliphatic rings. The lowest BCUT2D eigenvalue weighted by Crippen LogP contribution is -2.20. The van der Waals surface area contributed by atoms with Crippen LogP contribution in [0.25, 0.3) is 0 Å². The Balaban J connectivity index is 2.74. The van der Waals surface area contributed by atoms with Crippen LogP contribution in [0.1, 0.15) is 35.7 Å². The number of nitrogens with two attached hydrogens (primary N) is 1. The molecule has 78 valence electrons. The molecule has 0 heterocycles. The summed E-state index contributed by atoms with van der Waals surface area (Å²) in [4.78, 5) is 11.7. The van der Waals surface area contributed by atoms with Crippen molar-refractivity contribution < 1.29 is 4.79 Å². The van der Waals surface area contributed by atoms with E-state index in [0.29, 0.717) is 23.9 Å². The van der Waals surface area contributed by atoms with E-state index in [0.717, 1.165) is 5.56 Å². The monoisotopic (exact) mass is 201 g/mol. The third-order valence-electron chi connectivity index (χ3n) is 2.33. The van der Waals surface area contributed by atoms with Gasteiger partial charge in [0.25, 0.3) is 0 Å². The standard InChI is InChI=1S/C12H16BNO/c1-8-3-5-10(11(13)7-8)12(15)6-4-9(2)14/h3,5,7,9H,4,6,14H2,1-2H3. The molecule has 15 heavy (non-hydrogen) atoms. The number of hydrogen-bond donors (Lipinski definition) is 1. The molecule has 0 bridgehead atoms. The molecule has 0 fully saturated rings. The average molecular weight is 201 g/mol. The molecule has 2 radical (unpaired) electrons. The lowest BCUT2D eigenvalue weighted by atomic mass is 9.86. The van der Waals surface area contributed by atoms with Gasteiger partial charge >= 0.3 is 0 Å². The van der Waals surface area contributed by atoms with Crippen LogP contribution in [0, 0.1) is 6.92 Å². The van der Waals surface area contributed by atoms with Crippen LogP contribution in [-0.2, 0) is 0 Å². The van der Waals surface area contributed by atoms with E-state index in [2.05, 4.69) is 0 Å². The van der Waals surface area contributed by atoms with E-state index >= 15 is 0 Å². The molecular formula is C12H16BNO. The lowest BCUT2D eigenvalue weighted by Gasteiger charge is -2.07. The first-order chi connectivity index (χ1) is 7.00. The molecule has 1 atom stereocenters. The van der Waals surface area contributed by atoms with Gasteiger partial charge in [0, 0.05) is 18.0 Å². The molecule has 2 nitrogen and oxygen atoms in total. The molecule has 1 aromatic rings. The number of aryl methyl sites for hydroxylation is 1. The Bertz CT molecular complexity index is 361. The third-order valence-corrected chi connectivity index (χ3v) is 2.33. The van der Waals surface area contributed by atoms with Crippen molar-refractivity contribution >= 4 is 19.1 Å². The second-order valence-corrected chi connectivity index (χ2v) is 4.03. The van der Waals surface area contributed by atoms with E-state index in [1.54, 1.807) is 6.07 Å². The van der Waals surface area contributed by atoms with Gasteiger partial charge in [-0.15, -0.1) is 0 Å². The molecule has 0 amide bonds. The third kappa shape index (κ3) is 3.52. The van der Waals surface area contributed by atoms with Gasteiger partial charge in [0.15, 0.2) is 5.78 Å². The zero-order valence-corrected chi connectivity index (χ0v) is 9.29. The van der Waals surface area contributed by atoms with Crippen LogP contribution in [0.5, 0.6) is 0 Å². The fourth-order valence-corrected chi connectivity index (χ4v) is 1.43. The Morgan fingerprint density at radius 1 is 1.53 bits per heavy atom. The predicted octanol–water partition coefficient (Wildman–Crippen LogP) is 1.10. The molecule has 1 unspecified atom stereocenters. The highest BCUT2D eigenvalue weighted by molar-refractivity contribution is 6.36. The highest BCUT2D eigenvalue weighted by atomic mass is 16.1. The molecule has 3 heteroatoms. The quantitative estimate of drug-likeness (QED) is 0.585. The van der Waals surface area contributed by atoms with Gasteiger partial charge in [-0.25, -0.2) is 0 Å². The van der Waals surface area contributed by atoms with Crippen molar-refractivity contribution in [1.82, 2.24) is 0 Å². The number of ketones is 1. The van der Waals surface area contributed by atoms with E-state index in [-0.39, 0.29) is 11.8 Å². The van der Waals surface area contributed by atoms with Crippen molar-refractivity contribution in [2.45, 2.75) is 32.7 Å². The van der Waals surface area contributed by atoms with Crippen LogP contribution in [0.2, 0.25) is 0 Å². The summed E-state index contributed by atoms with van der Waals surface area (Å²) in [6.45, 7) is 3.85. The van der Waals surface area contributed by atoms with Crippen molar-refractivity contribution in [2.75, 3.05) is 0 Å². The highest BCUT2D eigenvalue weighted by Crippen LogP contribution is 2.06. The Labute approximate surface area is 92.3 Å². The average Bonchev–Trinajstić information content (AvgIpc) is 2.14. The molecule has 0 saturated carbocycles. The van der Waals surface area contributed by atoms with E-state index in [1.165, 1.54) is 0 Å². The molecule has 0 aromatic heterocycles. The van der Waals surface area contributed by atoms with E-state index in [1.807, 2.05) is 26.0 Å². The summed E-state index contributed by atoms with van der Waals surface area (Å²) in [5, 5.41) is 0. The molecular weight excluding hydrogens is 185 g/mol. The minimum atomic E-state index is 0.0561. The maximum absolute atomic E-state index is 11.7. The molecule has 0 aliphatic heterocycles. The van der Waals surface area contributed by atoms with Crippen LogP contribution in [0.15, 0.2) is 18.2 Å². The first-order valence-electron chi connectivity index (χ1n) is 5.15. The fraction of sp³-hybridized carbons (Fsp3) is 0.417. The van der Waals surface area contributed by atoms with Crippen molar-refractivity contribution in [1.29, 1.82) is 0 Å². The van der Waals surface area contributed by atoms with Crippen molar-refractivity contribution in [2.24, 2.45) is 5.73 Å². The Morgan fingerprint density at radius 3 is 2.73 bits per heavy atom. The summed E-state index contributed by atoms with van der Waals surface area (Å²) in [6, 6.07) is 5.56. The predicted molar refractivity (Wildman–Crippen MR) is 63.8 cm³/mol. The van der Waals surface area contributed by atoms with Crippen LogP contribution in [0.4, 0.5) is 0 Å². The maximum Gasteiger partial charge on any atom is 0.162 e. The van der Waals surface area contributed by atoms with E-state index in [9.17, 15) is 4.79 Å². The summed E-state index contributed by atoms with van der Waals surface area (Å²) in [5.74, 6) is 0.0739. The van der Waals surface area contributed by atoms with Crippen molar-refractivity contribution in [3.05, 3.63) is 29.3 Å². The first kappa shape index (κ1) is 12.0. The number of Topliss-reactive ketones (excluding diaryl/α,β-unsaturated/α-hetero) is 1. The summed E-state index contributed by atoms with van der Waals surface area (Å²) in [5.41, 5.74) is 7.84. The zero-order chi connectivity index (χ0) is 11.4. The highest BCUT2D eigenvalue weighted by Gasteiger charge is 2.09. The maximum atomic E-state index is 11.7. The van der Waals surface area contributed by atoms with E-state index in [4.69, 9.17) is 13.6 Å². The number of carbonyl (C=O) groups excluding carboxylic acids is 1. The first-order valence-corrected chi connectivity index (χ1v) is 5.15. The second kappa shape index (κ2) is 5.12. The normalized spacial score (nSPS) is 12.5. The minimum Gasteiger partial charge on any atom is -0.328 e. The van der Waals surface area contributed by atoms with Gasteiger partial charge in [-0.2, -0.15) is 0 Å². The largest absolute Gasteiger partial charge is 0.328 e. The summed E-state index contributed by atoms with van der Waals surface area (Å²) < 4.78 is 0. The van der Waals surface area contributed by atoms with Crippen molar-refractivity contribution in [3.8, 4) is 0 Å². The number of hydrogen-bond acceptors (Lipinski definition) is 2. The number of benzene rings is 1. The van der Waals surface area contributed by atoms with Gasteiger partial charge in [-0.3, -0.25) is 4.79 Å². The Morgan fingerprint density at radius 2 is 2.20 bits per heavy atom. The van der Waals surface area contributed by atoms with Crippen LogP contribution < -0.4 is 11.2 Å². The molecule has 1 rings (SSSR count). The van der Waals surface area contributed by atoms with Gasteiger partial charge in [0.2, 0.25) is 0 Å². The smallest absolute Gasteiger partial charge is 0.162 e. The van der Waals surface area contributed by atoms with Crippen LogP contribution in [0.3, 0.4) is 0 Å². The lowest BCUT2D eigenvalue weighted by molar-refractivity contribution is 0.0979. The minimum absolute atomic E-state index is 0.0561. The van der Waals surface area contributed by atoms with Gasteiger partial charge in [-0.05, 0) is 20.3 Å². The van der Waals surface area contributed by atoms with Gasteiger partial charge < -0.3 is 5.73 Å². The molecule has 0 saturated heterocycles. The molecule has 0 aliphatic carbocycles. The van der Waals surface area contributed by atoms with Gasteiger partial charge in [-0.1, -0.05) is 29.2 Å². The van der Waals surface area contributed by atoms with Crippen LogP contribution >= 0.6 is 0 Å². The van der Waals surface area contributed by atoms with Gasteiger partial charge in [0.05, 0.1) is 0 Å². The molecule has 2 N–H and O–H groups in total. The van der Waals surface area contributed by atoms with Crippen molar-refractivity contribution in [3.63, 3.8) is 0 Å². The Hall–Kier alpha value is -1.09. The van der Waals surface area contributed by atoms with E-state index < -0.39 is 0 Å². The molecule has 0 spiro atoms. The summed E-state index contributed by atoms with van der Waals surface area (Å²) in [6.07, 6.45) is 1.16. The zero-order valence-electron chi connectivity index (χ0n) is 9.29. The second-order valence-electron chi connectivity index (χ2n) is 4.03. The number of carbonyl (C=O) groups is 1. The number of rotatable bonds is 4. The fourth-order valence-electron chi connectivity index (χ4n) is 1.43.